The molecule has 1 aromatic heterocycles. The molecule has 0 spiro atoms. The van der Waals surface area contributed by atoms with Crippen LogP contribution in [0.5, 0.6) is 0 Å². The van der Waals surface area contributed by atoms with Crippen molar-refractivity contribution in [2.45, 2.75) is 19.9 Å². The van der Waals surface area contributed by atoms with Crippen molar-refractivity contribution in [3.63, 3.8) is 0 Å². The van der Waals surface area contributed by atoms with Crippen LogP contribution in [-0.4, -0.2) is 23.5 Å². The summed E-state index contributed by atoms with van der Waals surface area (Å²) in [5.74, 6) is 0.423. The summed E-state index contributed by atoms with van der Waals surface area (Å²) in [5.41, 5.74) is 0. The van der Waals surface area contributed by atoms with Gasteiger partial charge < -0.3 is 10.6 Å². The summed E-state index contributed by atoms with van der Waals surface area (Å²) in [6.07, 6.45) is 1.62. The standard InChI is InChI=1S/C10H13BrClN3O/c1-3-13-10(16)6(2)15-9-8(12)4-7(11)5-14-9/h4-6H,3H2,1-2H3,(H,13,16)(H,14,15). The molecule has 16 heavy (non-hydrogen) atoms. The molecule has 0 bridgehead atoms. The van der Waals surface area contributed by atoms with E-state index in [4.69, 9.17) is 11.6 Å². The normalized spacial score (nSPS) is 12.0. The number of pyridine rings is 1. The molecule has 1 atom stereocenters. The Balaban J connectivity index is 2.69. The van der Waals surface area contributed by atoms with Crippen molar-refractivity contribution in [1.29, 1.82) is 0 Å². The summed E-state index contributed by atoms with van der Waals surface area (Å²) >= 11 is 9.23. The largest absolute Gasteiger partial charge is 0.357 e. The molecule has 0 aliphatic rings. The van der Waals surface area contributed by atoms with Crippen LogP contribution in [-0.2, 0) is 4.79 Å². The average Bonchev–Trinajstić information content (AvgIpc) is 2.22. The van der Waals surface area contributed by atoms with E-state index in [0.717, 1.165) is 4.47 Å². The number of anilines is 1. The van der Waals surface area contributed by atoms with Crippen molar-refractivity contribution < 1.29 is 4.79 Å². The third kappa shape index (κ3) is 3.64. The lowest BCUT2D eigenvalue weighted by Gasteiger charge is -2.14. The molecule has 0 aliphatic carbocycles. The van der Waals surface area contributed by atoms with Crippen molar-refractivity contribution in [3.8, 4) is 0 Å². The topological polar surface area (TPSA) is 54.0 Å². The number of aromatic nitrogens is 1. The molecule has 1 amide bonds. The first-order valence-electron chi connectivity index (χ1n) is 4.90. The fourth-order valence-electron chi connectivity index (χ4n) is 1.12. The summed E-state index contributed by atoms with van der Waals surface area (Å²) in [6, 6.07) is 1.35. The highest BCUT2D eigenvalue weighted by Gasteiger charge is 2.13. The van der Waals surface area contributed by atoms with E-state index in [2.05, 4.69) is 31.5 Å². The van der Waals surface area contributed by atoms with Gasteiger partial charge in [-0.05, 0) is 35.8 Å². The Labute approximate surface area is 108 Å². The molecule has 6 heteroatoms. The Morgan fingerprint density at radius 1 is 1.69 bits per heavy atom. The van der Waals surface area contributed by atoms with E-state index >= 15 is 0 Å². The zero-order chi connectivity index (χ0) is 12.1. The van der Waals surface area contributed by atoms with E-state index in [0.29, 0.717) is 17.4 Å². The Kier molecular flexibility index (Phi) is 5.02. The van der Waals surface area contributed by atoms with Gasteiger partial charge in [0.1, 0.15) is 11.9 Å². The molecule has 0 saturated carbocycles. The minimum atomic E-state index is -0.369. The van der Waals surface area contributed by atoms with Gasteiger partial charge in [0.2, 0.25) is 5.91 Å². The van der Waals surface area contributed by atoms with E-state index in [9.17, 15) is 4.79 Å². The first kappa shape index (κ1) is 13.3. The number of carbonyl (C=O) groups is 1. The van der Waals surface area contributed by atoms with Gasteiger partial charge in [0.25, 0.3) is 0 Å². The van der Waals surface area contributed by atoms with Crippen molar-refractivity contribution in [3.05, 3.63) is 21.8 Å². The van der Waals surface area contributed by atoms with E-state index in [-0.39, 0.29) is 11.9 Å². The van der Waals surface area contributed by atoms with Crippen LogP contribution in [0.3, 0.4) is 0 Å². The third-order valence-electron chi connectivity index (χ3n) is 1.91. The lowest BCUT2D eigenvalue weighted by Crippen LogP contribution is -2.37. The van der Waals surface area contributed by atoms with E-state index in [1.54, 1.807) is 19.2 Å². The Morgan fingerprint density at radius 3 is 2.94 bits per heavy atom. The zero-order valence-corrected chi connectivity index (χ0v) is 11.4. The van der Waals surface area contributed by atoms with Gasteiger partial charge in [-0.25, -0.2) is 4.98 Å². The quantitative estimate of drug-likeness (QED) is 0.898. The van der Waals surface area contributed by atoms with Crippen molar-refractivity contribution in [2.24, 2.45) is 0 Å². The van der Waals surface area contributed by atoms with Crippen molar-refractivity contribution in [2.75, 3.05) is 11.9 Å². The number of hydrogen-bond acceptors (Lipinski definition) is 3. The molecule has 4 nitrogen and oxygen atoms in total. The van der Waals surface area contributed by atoms with Crippen LogP contribution in [0.4, 0.5) is 5.82 Å². The highest BCUT2D eigenvalue weighted by molar-refractivity contribution is 9.10. The predicted octanol–water partition coefficient (Wildman–Crippen LogP) is 2.43. The third-order valence-corrected chi connectivity index (χ3v) is 2.63. The summed E-state index contributed by atoms with van der Waals surface area (Å²) < 4.78 is 0.800. The van der Waals surface area contributed by atoms with Crippen LogP contribution in [0.15, 0.2) is 16.7 Å². The molecular weight excluding hydrogens is 293 g/mol. The molecule has 0 radical (unpaired) electrons. The molecule has 1 aromatic rings. The number of rotatable bonds is 4. The summed E-state index contributed by atoms with van der Waals surface area (Å²) in [7, 11) is 0. The van der Waals surface area contributed by atoms with Gasteiger partial charge in [0, 0.05) is 17.2 Å². The van der Waals surface area contributed by atoms with Crippen LogP contribution < -0.4 is 10.6 Å². The van der Waals surface area contributed by atoms with Crippen LogP contribution >= 0.6 is 27.5 Å². The maximum atomic E-state index is 11.5. The van der Waals surface area contributed by atoms with Gasteiger partial charge in [-0.1, -0.05) is 11.6 Å². The SMILES string of the molecule is CCNC(=O)C(C)Nc1ncc(Br)cc1Cl. The summed E-state index contributed by atoms with van der Waals surface area (Å²) in [4.78, 5) is 15.6. The summed E-state index contributed by atoms with van der Waals surface area (Å²) in [5, 5.41) is 6.14. The zero-order valence-electron chi connectivity index (χ0n) is 9.05. The highest BCUT2D eigenvalue weighted by atomic mass is 79.9. The van der Waals surface area contributed by atoms with Gasteiger partial charge in [0.15, 0.2) is 0 Å². The fraction of sp³-hybridized carbons (Fsp3) is 0.400. The van der Waals surface area contributed by atoms with E-state index in [1.165, 1.54) is 0 Å². The lowest BCUT2D eigenvalue weighted by molar-refractivity contribution is -0.121. The number of carbonyl (C=O) groups excluding carboxylic acids is 1. The number of amides is 1. The fourth-order valence-corrected chi connectivity index (χ4v) is 1.80. The molecular formula is C10H13BrClN3O. The molecule has 0 saturated heterocycles. The van der Waals surface area contributed by atoms with Gasteiger partial charge in [-0.15, -0.1) is 0 Å². The number of halogens is 2. The lowest BCUT2D eigenvalue weighted by atomic mass is 10.3. The maximum Gasteiger partial charge on any atom is 0.242 e. The number of hydrogen-bond donors (Lipinski definition) is 2. The molecule has 1 heterocycles. The van der Waals surface area contributed by atoms with Gasteiger partial charge in [0.05, 0.1) is 5.02 Å². The van der Waals surface area contributed by atoms with Gasteiger partial charge in [-0.3, -0.25) is 4.79 Å². The van der Waals surface area contributed by atoms with Crippen molar-refractivity contribution in [1.82, 2.24) is 10.3 Å². The molecule has 88 valence electrons. The van der Waals surface area contributed by atoms with Crippen LogP contribution in [0.25, 0.3) is 0 Å². The monoisotopic (exact) mass is 305 g/mol. The Hall–Kier alpha value is -0.810. The molecule has 2 N–H and O–H groups in total. The molecule has 1 rings (SSSR count). The Morgan fingerprint density at radius 2 is 2.38 bits per heavy atom. The molecule has 0 fully saturated rings. The van der Waals surface area contributed by atoms with Crippen LogP contribution in [0, 0.1) is 0 Å². The average molecular weight is 307 g/mol. The van der Waals surface area contributed by atoms with Gasteiger partial charge >= 0.3 is 0 Å². The maximum absolute atomic E-state index is 11.5. The van der Waals surface area contributed by atoms with Crippen LogP contribution in [0.1, 0.15) is 13.8 Å². The van der Waals surface area contributed by atoms with E-state index < -0.39 is 0 Å². The van der Waals surface area contributed by atoms with Crippen LogP contribution in [0.2, 0.25) is 5.02 Å². The Bertz CT molecular complexity index is 386. The molecule has 0 aromatic carbocycles. The number of likely N-dealkylation sites (N-methyl/N-ethyl adjacent to an activating group) is 1. The van der Waals surface area contributed by atoms with Crippen molar-refractivity contribution >= 4 is 39.3 Å². The smallest absolute Gasteiger partial charge is 0.242 e. The van der Waals surface area contributed by atoms with E-state index in [1.807, 2.05) is 6.92 Å². The first-order chi connectivity index (χ1) is 7.54. The molecule has 1 unspecified atom stereocenters. The first-order valence-corrected chi connectivity index (χ1v) is 6.07. The second kappa shape index (κ2) is 6.06. The minimum Gasteiger partial charge on any atom is -0.357 e. The summed E-state index contributed by atoms with van der Waals surface area (Å²) in [6.45, 7) is 4.23. The van der Waals surface area contributed by atoms with Gasteiger partial charge in [-0.2, -0.15) is 0 Å². The number of nitrogens with one attached hydrogen (secondary N) is 2. The second-order valence-electron chi connectivity index (χ2n) is 3.24. The minimum absolute atomic E-state index is 0.0803. The predicted molar refractivity (Wildman–Crippen MR) is 68.7 cm³/mol. The molecule has 0 aliphatic heterocycles. The number of nitrogens with zero attached hydrogens (tertiary/aromatic N) is 1. The second-order valence-corrected chi connectivity index (χ2v) is 4.57. The highest BCUT2D eigenvalue weighted by Crippen LogP contribution is 2.23.